The van der Waals surface area contributed by atoms with Crippen LogP contribution in [0.2, 0.25) is 5.02 Å². The summed E-state index contributed by atoms with van der Waals surface area (Å²) in [6.45, 7) is 6.44. The van der Waals surface area contributed by atoms with Crippen molar-refractivity contribution in [2.24, 2.45) is 0 Å². The molecule has 1 aliphatic rings. The molecule has 3 aromatic rings. The molecule has 5 nitrogen and oxygen atoms in total. The molecule has 2 aromatic carbocycles. The lowest BCUT2D eigenvalue weighted by atomic mass is 9.98. The van der Waals surface area contributed by atoms with Gasteiger partial charge in [-0.25, -0.2) is 0 Å². The number of carbonyl (C=O) groups is 1. The summed E-state index contributed by atoms with van der Waals surface area (Å²) in [5, 5.41) is 10.3. The van der Waals surface area contributed by atoms with Crippen molar-refractivity contribution in [3.05, 3.63) is 59.1 Å². The first-order chi connectivity index (χ1) is 15.5. The van der Waals surface area contributed by atoms with Crippen LogP contribution in [-0.4, -0.2) is 43.4 Å². The largest absolute Gasteiger partial charge is 0.337 e. The van der Waals surface area contributed by atoms with Crippen molar-refractivity contribution in [2.75, 3.05) is 5.75 Å². The number of likely N-dealkylation sites (tertiary alicyclic amines) is 1. The number of hydrogen-bond donors (Lipinski definition) is 0. The first-order valence-electron chi connectivity index (χ1n) is 11.2. The highest BCUT2D eigenvalue weighted by molar-refractivity contribution is 7.99. The highest BCUT2D eigenvalue weighted by atomic mass is 35.5. The molecule has 2 unspecified atom stereocenters. The van der Waals surface area contributed by atoms with Crippen molar-refractivity contribution in [3.8, 4) is 17.1 Å². The Bertz CT molecular complexity index is 1050. The van der Waals surface area contributed by atoms with E-state index in [9.17, 15) is 4.79 Å². The molecular formula is C25H29ClN4OS. The van der Waals surface area contributed by atoms with Gasteiger partial charge in [0.05, 0.1) is 5.75 Å². The average molecular weight is 469 g/mol. The van der Waals surface area contributed by atoms with Crippen LogP contribution in [0.3, 0.4) is 0 Å². The van der Waals surface area contributed by atoms with Gasteiger partial charge in [0.2, 0.25) is 5.91 Å². The van der Waals surface area contributed by atoms with Crippen molar-refractivity contribution < 1.29 is 4.79 Å². The smallest absolute Gasteiger partial charge is 0.233 e. The summed E-state index contributed by atoms with van der Waals surface area (Å²) in [5.41, 5.74) is 3.18. The van der Waals surface area contributed by atoms with Crippen molar-refractivity contribution >= 4 is 29.3 Å². The third kappa shape index (κ3) is 4.86. The molecule has 168 valence electrons. The number of halogens is 1. The number of amides is 1. The highest BCUT2D eigenvalue weighted by Crippen LogP contribution is 2.30. The second-order valence-electron chi connectivity index (χ2n) is 8.39. The fourth-order valence-electron chi connectivity index (χ4n) is 4.38. The molecular weight excluding hydrogens is 440 g/mol. The Morgan fingerprint density at radius 3 is 2.31 bits per heavy atom. The van der Waals surface area contributed by atoms with Gasteiger partial charge >= 0.3 is 0 Å². The summed E-state index contributed by atoms with van der Waals surface area (Å²) in [7, 11) is 0. The van der Waals surface area contributed by atoms with E-state index in [1.54, 1.807) is 0 Å². The second kappa shape index (κ2) is 10.1. The number of carbonyl (C=O) groups excluding carboxylic acids is 1. The summed E-state index contributed by atoms with van der Waals surface area (Å²) in [6.07, 6.45) is 4.31. The molecule has 0 N–H and O–H groups in total. The number of piperidine rings is 1. The molecule has 0 spiro atoms. The standard InChI is InChI=1S/C25H29ClN4OS/c1-4-19-8-14-22(15-9-19)30-24(20-10-12-21(26)13-11-20)27-28-25(30)32-16-23(31)29-17(2)6-5-7-18(29)3/h8-15,17-18H,4-7,16H2,1-3H3. The quantitative estimate of drug-likeness (QED) is 0.414. The van der Waals surface area contributed by atoms with Crippen LogP contribution in [0.25, 0.3) is 17.1 Å². The number of nitrogens with zero attached hydrogens (tertiary/aromatic N) is 4. The number of aryl methyl sites for hydroxylation is 1. The van der Waals surface area contributed by atoms with Crippen LogP contribution < -0.4 is 0 Å². The molecule has 32 heavy (non-hydrogen) atoms. The van der Waals surface area contributed by atoms with E-state index in [0.29, 0.717) is 15.9 Å². The molecule has 1 fully saturated rings. The van der Waals surface area contributed by atoms with Crippen LogP contribution in [0.15, 0.2) is 53.7 Å². The highest BCUT2D eigenvalue weighted by Gasteiger charge is 2.29. The van der Waals surface area contributed by atoms with Gasteiger partial charge in [-0.2, -0.15) is 0 Å². The van der Waals surface area contributed by atoms with E-state index < -0.39 is 0 Å². The maximum atomic E-state index is 13.1. The third-order valence-corrected chi connectivity index (χ3v) is 7.31. The Hall–Kier alpha value is -2.31. The van der Waals surface area contributed by atoms with Gasteiger partial charge in [-0.1, -0.05) is 42.4 Å². The Morgan fingerprint density at radius 1 is 1.03 bits per heavy atom. The van der Waals surface area contributed by atoms with Gasteiger partial charge in [-0.05, 0) is 81.5 Å². The number of hydrogen-bond acceptors (Lipinski definition) is 4. The first-order valence-corrected chi connectivity index (χ1v) is 12.6. The maximum Gasteiger partial charge on any atom is 0.233 e. The van der Waals surface area contributed by atoms with E-state index in [-0.39, 0.29) is 18.0 Å². The number of thioether (sulfide) groups is 1. The Kier molecular flexibility index (Phi) is 7.21. The molecule has 7 heteroatoms. The summed E-state index contributed by atoms with van der Waals surface area (Å²) < 4.78 is 2.03. The van der Waals surface area contributed by atoms with Gasteiger partial charge in [0.25, 0.3) is 0 Å². The zero-order valence-corrected chi connectivity index (χ0v) is 20.4. The van der Waals surface area contributed by atoms with Crippen molar-refractivity contribution in [1.82, 2.24) is 19.7 Å². The van der Waals surface area contributed by atoms with Gasteiger partial charge < -0.3 is 4.90 Å². The minimum Gasteiger partial charge on any atom is -0.337 e. The van der Waals surface area contributed by atoms with Crippen LogP contribution in [0, 0.1) is 0 Å². The molecule has 1 aliphatic heterocycles. The van der Waals surface area contributed by atoms with Crippen molar-refractivity contribution in [1.29, 1.82) is 0 Å². The fourth-order valence-corrected chi connectivity index (χ4v) is 5.32. The number of rotatable bonds is 6. The van der Waals surface area contributed by atoms with Crippen LogP contribution >= 0.6 is 23.4 Å². The fraction of sp³-hybridized carbons (Fsp3) is 0.400. The molecule has 0 radical (unpaired) electrons. The molecule has 0 aliphatic carbocycles. The lowest BCUT2D eigenvalue weighted by Crippen LogP contribution is -2.48. The first kappa shape index (κ1) is 22.9. The average Bonchev–Trinajstić information content (AvgIpc) is 3.22. The topological polar surface area (TPSA) is 51.0 Å². The lowest BCUT2D eigenvalue weighted by molar-refractivity contribution is -0.134. The SMILES string of the molecule is CCc1ccc(-n2c(SCC(=O)N3C(C)CCCC3C)nnc2-c2ccc(Cl)cc2)cc1. The minimum absolute atomic E-state index is 0.165. The normalized spacial score (nSPS) is 18.7. The van der Waals surface area contributed by atoms with Gasteiger partial charge in [0.15, 0.2) is 11.0 Å². The molecule has 1 amide bonds. The molecule has 2 heterocycles. The van der Waals surface area contributed by atoms with Crippen LogP contribution in [0.4, 0.5) is 0 Å². The lowest BCUT2D eigenvalue weighted by Gasteiger charge is -2.39. The predicted molar refractivity (Wildman–Crippen MR) is 132 cm³/mol. The van der Waals surface area contributed by atoms with Gasteiger partial charge in [0.1, 0.15) is 0 Å². The maximum absolute atomic E-state index is 13.1. The van der Waals surface area contributed by atoms with Gasteiger partial charge in [0, 0.05) is 28.4 Å². The van der Waals surface area contributed by atoms with Crippen LogP contribution in [-0.2, 0) is 11.2 Å². The van der Waals surface area contributed by atoms with Crippen molar-refractivity contribution in [3.63, 3.8) is 0 Å². The van der Waals surface area contributed by atoms with Crippen LogP contribution in [0.1, 0.15) is 45.6 Å². The Labute approximate surface area is 199 Å². The van der Waals surface area contributed by atoms with Gasteiger partial charge in [-0.15, -0.1) is 10.2 Å². The summed E-state index contributed by atoms with van der Waals surface area (Å²) >= 11 is 7.54. The van der Waals surface area contributed by atoms with E-state index in [1.165, 1.54) is 23.7 Å². The number of benzene rings is 2. The second-order valence-corrected chi connectivity index (χ2v) is 9.77. The van der Waals surface area contributed by atoms with E-state index in [0.717, 1.165) is 36.3 Å². The summed E-state index contributed by atoms with van der Waals surface area (Å²) in [4.78, 5) is 15.1. The predicted octanol–water partition coefficient (Wildman–Crippen LogP) is 6.03. The van der Waals surface area contributed by atoms with Gasteiger partial charge in [-0.3, -0.25) is 9.36 Å². The summed E-state index contributed by atoms with van der Waals surface area (Å²) in [5.74, 6) is 1.25. The van der Waals surface area contributed by atoms with E-state index in [1.807, 2.05) is 33.7 Å². The zero-order valence-electron chi connectivity index (χ0n) is 18.8. The molecule has 4 rings (SSSR count). The van der Waals surface area contributed by atoms with E-state index >= 15 is 0 Å². The summed E-state index contributed by atoms with van der Waals surface area (Å²) in [6, 6.07) is 16.6. The third-order valence-electron chi connectivity index (χ3n) is 6.14. The molecule has 0 saturated carbocycles. The zero-order chi connectivity index (χ0) is 22.7. The minimum atomic E-state index is 0.165. The molecule has 0 bridgehead atoms. The molecule has 1 saturated heterocycles. The molecule has 1 aromatic heterocycles. The van der Waals surface area contributed by atoms with E-state index in [4.69, 9.17) is 11.6 Å². The van der Waals surface area contributed by atoms with Crippen LogP contribution in [0.5, 0.6) is 0 Å². The number of aromatic nitrogens is 3. The molecule has 2 atom stereocenters. The van der Waals surface area contributed by atoms with Crippen molar-refractivity contribution in [2.45, 2.75) is 63.7 Å². The Morgan fingerprint density at radius 2 is 1.69 bits per heavy atom. The monoisotopic (exact) mass is 468 g/mol. The Balaban J connectivity index is 1.64. The van der Waals surface area contributed by atoms with E-state index in [2.05, 4.69) is 55.2 Å².